The number of aliphatic hydroxyl groups is 5. The molecule has 1 saturated heterocycles. The summed E-state index contributed by atoms with van der Waals surface area (Å²) in [6, 6.07) is -0.713. The Morgan fingerprint density at radius 1 is 0.469 bits per heavy atom. The summed E-state index contributed by atoms with van der Waals surface area (Å²) >= 11 is 0. The van der Waals surface area contributed by atoms with Crippen molar-refractivity contribution in [3.8, 4) is 0 Å². The quantitative estimate of drug-likeness (QED) is 0.0331. The standard InChI is InChI=1S/C55H109NO8/c1-3-5-7-9-11-13-15-17-19-20-21-22-23-24-25-26-27-28-29-31-32-34-36-38-40-42-44-49(58)48(47-63-55-54(62)53(61)52(60)50(46-57)64-55)56-51(59)45-43-41-39-37-35-33-30-18-16-14-12-10-8-6-4-2/h48-50,52-55,57-58,60-62H,3-47H2,1-2H3,(H,56,59). The smallest absolute Gasteiger partial charge is 0.220 e. The van der Waals surface area contributed by atoms with Crippen LogP contribution in [0.15, 0.2) is 0 Å². The molecule has 0 aromatic carbocycles. The lowest BCUT2D eigenvalue weighted by molar-refractivity contribution is -0.302. The molecule has 0 saturated carbocycles. The molecule has 7 atom stereocenters. The van der Waals surface area contributed by atoms with Crippen LogP contribution in [0.3, 0.4) is 0 Å². The first-order chi connectivity index (χ1) is 31.3. The molecular formula is C55H109NO8. The number of ether oxygens (including phenoxy) is 2. The largest absolute Gasteiger partial charge is 0.394 e. The van der Waals surface area contributed by atoms with Gasteiger partial charge in [0.05, 0.1) is 25.4 Å². The van der Waals surface area contributed by atoms with Gasteiger partial charge in [-0.2, -0.15) is 0 Å². The van der Waals surface area contributed by atoms with Crippen molar-refractivity contribution in [2.75, 3.05) is 13.2 Å². The molecule has 1 amide bonds. The minimum Gasteiger partial charge on any atom is -0.394 e. The van der Waals surface area contributed by atoms with Crippen LogP contribution in [0.25, 0.3) is 0 Å². The summed E-state index contributed by atoms with van der Waals surface area (Å²) in [6.07, 6.45) is 47.0. The monoisotopic (exact) mass is 912 g/mol. The molecule has 0 spiro atoms. The van der Waals surface area contributed by atoms with Crippen molar-refractivity contribution in [1.29, 1.82) is 0 Å². The number of rotatable bonds is 49. The van der Waals surface area contributed by atoms with Gasteiger partial charge in [-0.3, -0.25) is 4.79 Å². The average Bonchev–Trinajstić information content (AvgIpc) is 3.29. The SMILES string of the molecule is CCCCCCCCCCCCCCCCCCCCCCCCCCCCC(O)C(COC1OC(CO)C(O)C(O)C1O)NC(=O)CCCCCCCCCCCCCCCCC. The molecule has 1 heterocycles. The lowest BCUT2D eigenvalue weighted by atomic mass is 9.99. The van der Waals surface area contributed by atoms with Crippen LogP contribution in [0.2, 0.25) is 0 Å². The number of amides is 1. The van der Waals surface area contributed by atoms with Gasteiger partial charge in [0.2, 0.25) is 5.91 Å². The molecule has 1 aliphatic rings. The zero-order valence-electron chi connectivity index (χ0n) is 42.3. The van der Waals surface area contributed by atoms with Crippen molar-refractivity contribution in [1.82, 2.24) is 5.32 Å². The van der Waals surface area contributed by atoms with Gasteiger partial charge in [-0.1, -0.05) is 271 Å². The summed E-state index contributed by atoms with van der Waals surface area (Å²) in [7, 11) is 0. The van der Waals surface area contributed by atoms with E-state index in [1.54, 1.807) is 0 Å². The van der Waals surface area contributed by atoms with Gasteiger partial charge in [-0.15, -0.1) is 0 Å². The van der Waals surface area contributed by atoms with Crippen LogP contribution >= 0.6 is 0 Å². The molecule has 0 radical (unpaired) electrons. The predicted octanol–water partition coefficient (Wildman–Crippen LogP) is 13.5. The highest BCUT2D eigenvalue weighted by molar-refractivity contribution is 5.76. The minimum absolute atomic E-state index is 0.131. The van der Waals surface area contributed by atoms with Crippen LogP contribution in [0.5, 0.6) is 0 Å². The summed E-state index contributed by atoms with van der Waals surface area (Å²) in [4.78, 5) is 13.0. The van der Waals surface area contributed by atoms with Gasteiger partial charge in [-0.25, -0.2) is 0 Å². The van der Waals surface area contributed by atoms with E-state index >= 15 is 0 Å². The number of unbranched alkanes of at least 4 members (excludes halogenated alkanes) is 39. The zero-order valence-corrected chi connectivity index (χ0v) is 42.3. The topological polar surface area (TPSA) is 149 Å². The third-order valence-corrected chi connectivity index (χ3v) is 14.0. The Bertz CT molecular complexity index is 970. The summed E-state index contributed by atoms with van der Waals surface area (Å²) < 4.78 is 11.3. The molecule has 64 heavy (non-hydrogen) atoms. The normalized spacial score (nSPS) is 19.9. The van der Waals surface area contributed by atoms with Crippen molar-refractivity contribution in [2.45, 2.75) is 333 Å². The van der Waals surface area contributed by atoms with Crippen molar-refractivity contribution in [3.63, 3.8) is 0 Å². The number of aliphatic hydroxyl groups excluding tert-OH is 5. The third kappa shape index (κ3) is 35.3. The first-order valence-electron chi connectivity index (χ1n) is 28.2. The molecule has 1 aliphatic heterocycles. The van der Waals surface area contributed by atoms with Crippen LogP contribution in [-0.2, 0) is 14.3 Å². The summed E-state index contributed by atoms with van der Waals surface area (Å²) in [5.74, 6) is -0.138. The van der Waals surface area contributed by atoms with Crippen LogP contribution in [0.1, 0.15) is 290 Å². The van der Waals surface area contributed by atoms with Gasteiger partial charge < -0.3 is 40.3 Å². The Morgan fingerprint density at radius 2 is 0.781 bits per heavy atom. The second kappa shape index (κ2) is 45.9. The molecule has 1 rings (SSSR count). The summed E-state index contributed by atoms with van der Waals surface area (Å²) in [6.45, 7) is 3.88. The Labute approximate surface area is 395 Å². The first-order valence-corrected chi connectivity index (χ1v) is 28.2. The molecule has 0 aromatic heterocycles. The number of nitrogens with one attached hydrogen (secondary N) is 1. The van der Waals surface area contributed by atoms with Crippen LogP contribution < -0.4 is 5.32 Å². The second-order valence-electron chi connectivity index (χ2n) is 20.1. The van der Waals surface area contributed by atoms with E-state index in [0.29, 0.717) is 12.8 Å². The Morgan fingerprint density at radius 3 is 1.11 bits per heavy atom. The number of carbonyl (C=O) groups is 1. The molecule has 382 valence electrons. The van der Waals surface area contributed by atoms with E-state index in [1.165, 1.54) is 225 Å². The van der Waals surface area contributed by atoms with Gasteiger partial charge >= 0.3 is 0 Å². The average molecular weight is 912 g/mol. The minimum atomic E-state index is -1.55. The van der Waals surface area contributed by atoms with Crippen molar-refractivity contribution in [2.24, 2.45) is 0 Å². The van der Waals surface area contributed by atoms with Crippen molar-refractivity contribution in [3.05, 3.63) is 0 Å². The maximum atomic E-state index is 13.0. The maximum Gasteiger partial charge on any atom is 0.220 e. The van der Waals surface area contributed by atoms with Crippen LogP contribution in [0.4, 0.5) is 0 Å². The molecule has 0 aromatic rings. The fourth-order valence-corrected chi connectivity index (χ4v) is 9.46. The van der Waals surface area contributed by atoms with Gasteiger partial charge in [0.15, 0.2) is 6.29 Å². The van der Waals surface area contributed by atoms with E-state index in [2.05, 4.69) is 19.2 Å². The number of carbonyl (C=O) groups excluding carboxylic acids is 1. The molecule has 9 nitrogen and oxygen atoms in total. The predicted molar refractivity (Wildman–Crippen MR) is 268 cm³/mol. The Kier molecular flexibility index (Phi) is 43.9. The van der Waals surface area contributed by atoms with E-state index in [-0.39, 0.29) is 12.5 Å². The van der Waals surface area contributed by atoms with Crippen molar-refractivity contribution < 1.29 is 39.8 Å². The molecule has 7 unspecified atom stereocenters. The Hall–Kier alpha value is -0.810. The third-order valence-electron chi connectivity index (χ3n) is 14.0. The lowest BCUT2D eigenvalue weighted by Gasteiger charge is -2.40. The molecular weight excluding hydrogens is 803 g/mol. The second-order valence-corrected chi connectivity index (χ2v) is 20.1. The lowest BCUT2D eigenvalue weighted by Crippen LogP contribution is -2.60. The highest BCUT2D eigenvalue weighted by Crippen LogP contribution is 2.23. The molecule has 1 fully saturated rings. The molecule has 0 bridgehead atoms. The number of hydrogen-bond acceptors (Lipinski definition) is 8. The van der Waals surface area contributed by atoms with E-state index in [1.807, 2.05) is 0 Å². The van der Waals surface area contributed by atoms with Crippen molar-refractivity contribution >= 4 is 5.91 Å². The molecule has 0 aliphatic carbocycles. The van der Waals surface area contributed by atoms with Crippen LogP contribution in [0, 0.1) is 0 Å². The van der Waals surface area contributed by atoms with Crippen LogP contribution in [-0.4, -0.2) is 87.5 Å². The molecule has 9 heteroatoms. The highest BCUT2D eigenvalue weighted by atomic mass is 16.7. The van der Waals surface area contributed by atoms with E-state index in [9.17, 15) is 30.3 Å². The van der Waals surface area contributed by atoms with E-state index in [4.69, 9.17) is 9.47 Å². The maximum absolute atomic E-state index is 13.0. The number of hydrogen-bond donors (Lipinski definition) is 6. The first kappa shape index (κ1) is 61.2. The van der Waals surface area contributed by atoms with E-state index < -0.39 is 49.5 Å². The van der Waals surface area contributed by atoms with E-state index in [0.717, 1.165) is 38.5 Å². The summed E-state index contributed by atoms with van der Waals surface area (Å²) in [5, 5.41) is 54.6. The fraction of sp³-hybridized carbons (Fsp3) is 0.982. The van der Waals surface area contributed by atoms with Gasteiger partial charge in [0.25, 0.3) is 0 Å². The zero-order chi connectivity index (χ0) is 46.6. The fourth-order valence-electron chi connectivity index (χ4n) is 9.46. The highest BCUT2D eigenvalue weighted by Gasteiger charge is 2.44. The van der Waals surface area contributed by atoms with Gasteiger partial charge in [-0.05, 0) is 12.8 Å². The Balaban J connectivity index is 2.17. The van der Waals surface area contributed by atoms with Gasteiger partial charge in [0.1, 0.15) is 24.4 Å². The van der Waals surface area contributed by atoms with Gasteiger partial charge in [0, 0.05) is 6.42 Å². The molecule has 6 N–H and O–H groups in total. The summed E-state index contributed by atoms with van der Waals surface area (Å²) in [5.41, 5.74) is 0.